The molecule has 6 nitrogen and oxygen atoms in total. The lowest BCUT2D eigenvalue weighted by Crippen LogP contribution is -2.15. The molecule has 0 aliphatic carbocycles. The molecular weight excluding hydrogens is 440 g/mol. The minimum atomic E-state index is -0.151. The van der Waals surface area contributed by atoms with Crippen LogP contribution in [0.3, 0.4) is 0 Å². The fourth-order valence-electron chi connectivity index (χ4n) is 3.30. The van der Waals surface area contributed by atoms with Crippen LogP contribution in [0.15, 0.2) is 65.0 Å². The molecule has 0 bridgehead atoms. The molecule has 2 N–H and O–H groups in total. The molecule has 0 saturated carbocycles. The highest BCUT2D eigenvalue weighted by molar-refractivity contribution is 8.01. The predicted octanol–water partition coefficient (Wildman–Crippen LogP) is 5.22. The van der Waals surface area contributed by atoms with Crippen LogP contribution in [0.4, 0.5) is 10.8 Å². The van der Waals surface area contributed by atoms with E-state index in [1.807, 2.05) is 74.5 Å². The van der Waals surface area contributed by atoms with Crippen LogP contribution < -0.4 is 10.6 Å². The highest BCUT2D eigenvalue weighted by Crippen LogP contribution is 2.26. The van der Waals surface area contributed by atoms with Crippen molar-refractivity contribution >= 4 is 56.5 Å². The number of aryl methyl sites for hydroxylation is 1. The number of amides is 2. The molecule has 0 atom stereocenters. The van der Waals surface area contributed by atoms with E-state index in [-0.39, 0.29) is 24.0 Å². The summed E-state index contributed by atoms with van der Waals surface area (Å²) in [5.74, 6) is -0.0476. The van der Waals surface area contributed by atoms with Crippen molar-refractivity contribution in [1.29, 1.82) is 0 Å². The van der Waals surface area contributed by atoms with Gasteiger partial charge >= 0.3 is 0 Å². The molecule has 0 aliphatic rings. The Hall–Kier alpha value is -3.23. The van der Waals surface area contributed by atoms with Crippen molar-refractivity contribution in [2.45, 2.75) is 24.6 Å². The zero-order chi connectivity index (χ0) is 22.5. The molecule has 32 heavy (non-hydrogen) atoms. The smallest absolute Gasteiger partial charge is 0.234 e. The number of thioether (sulfide) groups is 1. The fourth-order valence-corrected chi connectivity index (χ4v) is 4.87. The van der Waals surface area contributed by atoms with Crippen LogP contribution in [0.1, 0.15) is 16.7 Å². The predicted molar refractivity (Wildman–Crippen MR) is 131 cm³/mol. The summed E-state index contributed by atoms with van der Waals surface area (Å²) in [4.78, 5) is 24.8. The second kappa shape index (κ2) is 9.93. The normalized spacial score (nSPS) is 10.8. The number of carbonyl (C=O) groups excluding carboxylic acids is 2. The van der Waals surface area contributed by atoms with Gasteiger partial charge in [-0.3, -0.25) is 9.59 Å². The first-order chi connectivity index (χ1) is 15.5. The maximum atomic E-state index is 12.5. The van der Waals surface area contributed by atoms with Crippen molar-refractivity contribution in [2.75, 3.05) is 16.4 Å². The van der Waals surface area contributed by atoms with Crippen molar-refractivity contribution in [3.63, 3.8) is 0 Å². The summed E-state index contributed by atoms with van der Waals surface area (Å²) in [7, 11) is 0. The Labute approximate surface area is 194 Å². The van der Waals surface area contributed by atoms with Crippen molar-refractivity contribution in [2.24, 2.45) is 0 Å². The van der Waals surface area contributed by atoms with Gasteiger partial charge in [-0.2, -0.15) is 0 Å². The quantitative estimate of drug-likeness (QED) is 0.291. The molecule has 8 heteroatoms. The van der Waals surface area contributed by atoms with Crippen LogP contribution in [0, 0.1) is 13.8 Å². The monoisotopic (exact) mass is 462 g/mol. The number of fused-ring (bicyclic) bond motifs is 1. The van der Waals surface area contributed by atoms with E-state index in [1.54, 1.807) is 0 Å². The van der Waals surface area contributed by atoms with Crippen LogP contribution in [0.2, 0.25) is 0 Å². The summed E-state index contributed by atoms with van der Waals surface area (Å²) in [5.41, 5.74) is 3.96. The van der Waals surface area contributed by atoms with E-state index in [1.165, 1.54) is 23.1 Å². The number of hydrogen-bond acceptors (Lipinski definition) is 6. The summed E-state index contributed by atoms with van der Waals surface area (Å²) < 4.78 is 0.626. The van der Waals surface area contributed by atoms with E-state index in [2.05, 4.69) is 20.8 Å². The van der Waals surface area contributed by atoms with Gasteiger partial charge in [-0.25, -0.2) is 0 Å². The van der Waals surface area contributed by atoms with E-state index < -0.39 is 0 Å². The van der Waals surface area contributed by atoms with Crippen LogP contribution in [-0.4, -0.2) is 27.8 Å². The Morgan fingerprint density at radius 1 is 0.906 bits per heavy atom. The van der Waals surface area contributed by atoms with Crippen LogP contribution >= 0.6 is 23.1 Å². The molecule has 0 fully saturated rings. The van der Waals surface area contributed by atoms with E-state index in [0.29, 0.717) is 9.47 Å². The summed E-state index contributed by atoms with van der Waals surface area (Å²) in [6.45, 7) is 3.99. The standard InChI is InChI=1S/C24H22N4O2S2/c1-15-7-5-12-20(16(15)2)25-22(30)14-31-24-28-27-23(32-24)26-21(29)13-18-10-6-9-17-8-3-4-11-19(17)18/h3-12H,13-14H2,1-2H3,(H,25,30)(H,26,27,29). The number of nitrogens with one attached hydrogen (secondary N) is 2. The lowest BCUT2D eigenvalue weighted by Gasteiger charge is -2.09. The molecule has 3 aromatic carbocycles. The molecule has 4 aromatic rings. The molecule has 162 valence electrons. The highest BCUT2D eigenvalue weighted by atomic mass is 32.2. The number of aromatic nitrogens is 2. The van der Waals surface area contributed by atoms with E-state index in [4.69, 9.17) is 0 Å². The van der Waals surface area contributed by atoms with Gasteiger partial charge < -0.3 is 10.6 Å². The number of benzene rings is 3. The summed E-state index contributed by atoms with van der Waals surface area (Å²) in [6, 6.07) is 19.7. The first-order valence-corrected chi connectivity index (χ1v) is 11.9. The third-order valence-electron chi connectivity index (χ3n) is 5.09. The van der Waals surface area contributed by atoms with E-state index in [9.17, 15) is 9.59 Å². The van der Waals surface area contributed by atoms with Gasteiger partial charge in [0.05, 0.1) is 12.2 Å². The maximum Gasteiger partial charge on any atom is 0.234 e. The molecule has 2 amide bonds. The van der Waals surface area contributed by atoms with Crippen molar-refractivity contribution in [1.82, 2.24) is 10.2 Å². The Balaban J connectivity index is 1.31. The molecule has 0 saturated heterocycles. The molecule has 0 aliphatic heterocycles. The maximum absolute atomic E-state index is 12.5. The molecule has 1 heterocycles. The average Bonchev–Trinajstić information content (AvgIpc) is 3.23. The number of hydrogen-bond donors (Lipinski definition) is 2. The van der Waals surface area contributed by atoms with Crippen LogP contribution in [-0.2, 0) is 16.0 Å². The number of nitrogens with zero attached hydrogens (tertiary/aromatic N) is 2. The number of rotatable bonds is 7. The second-order valence-corrected chi connectivity index (χ2v) is 9.52. The Morgan fingerprint density at radius 3 is 2.56 bits per heavy atom. The largest absolute Gasteiger partial charge is 0.325 e. The molecule has 1 aromatic heterocycles. The fraction of sp³-hybridized carbons (Fsp3) is 0.167. The lowest BCUT2D eigenvalue weighted by atomic mass is 10.0. The van der Waals surface area contributed by atoms with Crippen molar-refractivity contribution in [3.05, 3.63) is 77.4 Å². The summed E-state index contributed by atoms with van der Waals surface area (Å²) in [5, 5.41) is 16.4. The van der Waals surface area contributed by atoms with Crippen LogP contribution in [0.25, 0.3) is 10.8 Å². The highest BCUT2D eigenvalue weighted by Gasteiger charge is 2.13. The minimum absolute atomic E-state index is 0.111. The Bertz CT molecular complexity index is 1280. The third-order valence-corrected chi connectivity index (χ3v) is 7.06. The zero-order valence-electron chi connectivity index (χ0n) is 17.7. The summed E-state index contributed by atoms with van der Waals surface area (Å²) in [6.07, 6.45) is 0.252. The van der Waals surface area contributed by atoms with Gasteiger partial charge in [-0.05, 0) is 47.4 Å². The molecular formula is C24H22N4O2S2. The van der Waals surface area contributed by atoms with Gasteiger partial charge in [0.25, 0.3) is 0 Å². The van der Waals surface area contributed by atoms with Crippen molar-refractivity contribution in [3.8, 4) is 0 Å². The molecule has 0 unspecified atom stereocenters. The van der Waals surface area contributed by atoms with E-state index >= 15 is 0 Å². The van der Waals surface area contributed by atoms with Crippen LogP contribution in [0.5, 0.6) is 0 Å². The third kappa shape index (κ3) is 5.33. The van der Waals surface area contributed by atoms with E-state index in [0.717, 1.165) is 33.2 Å². The van der Waals surface area contributed by atoms with Crippen molar-refractivity contribution < 1.29 is 9.59 Å². The number of carbonyl (C=O) groups is 2. The second-order valence-electron chi connectivity index (χ2n) is 7.32. The first-order valence-electron chi connectivity index (χ1n) is 10.1. The first kappa shape index (κ1) is 22.0. The Morgan fingerprint density at radius 2 is 1.69 bits per heavy atom. The van der Waals surface area contributed by atoms with Gasteiger partial charge in [0, 0.05) is 5.69 Å². The van der Waals surface area contributed by atoms with Gasteiger partial charge in [0.2, 0.25) is 16.9 Å². The lowest BCUT2D eigenvalue weighted by molar-refractivity contribution is -0.115. The van der Waals surface area contributed by atoms with Gasteiger partial charge in [0.1, 0.15) is 0 Å². The molecule has 4 rings (SSSR count). The summed E-state index contributed by atoms with van der Waals surface area (Å²) >= 11 is 2.55. The van der Waals surface area contributed by atoms with Gasteiger partial charge in [-0.1, -0.05) is 77.7 Å². The van der Waals surface area contributed by atoms with Gasteiger partial charge in [-0.15, -0.1) is 10.2 Å². The molecule has 0 spiro atoms. The minimum Gasteiger partial charge on any atom is -0.325 e. The zero-order valence-corrected chi connectivity index (χ0v) is 19.3. The number of anilines is 2. The average molecular weight is 463 g/mol. The SMILES string of the molecule is Cc1cccc(NC(=O)CSc2nnc(NC(=O)Cc3cccc4ccccc34)s2)c1C. The topological polar surface area (TPSA) is 84.0 Å². The van der Waals surface area contributed by atoms with Gasteiger partial charge in [0.15, 0.2) is 4.34 Å². The molecule has 0 radical (unpaired) electrons. The Kier molecular flexibility index (Phi) is 6.82.